The highest BCUT2D eigenvalue weighted by molar-refractivity contribution is 6.30. The summed E-state index contributed by atoms with van der Waals surface area (Å²) in [4.78, 5) is 26.0. The molecule has 1 unspecified atom stereocenters. The van der Waals surface area contributed by atoms with Crippen molar-refractivity contribution in [3.8, 4) is 0 Å². The van der Waals surface area contributed by atoms with E-state index in [0.29, 0.717) is 23.7 Å². The van der Waals surface area contributed by atoms with Crippen molar-refractivity contribution >= 4 is 23.5 Å². The molecular formula is C17H24ClNO3. The van der Waals surface area contributed by atoms with E-state index in [1.807, 2.05) is 0 Å². The normalized spacial score (nSPS) is 11.8. The third-order valence-electron chi connectivity index (χ3n) is 3.49. The maximum atomic E-state index is 12.7. The molecule has 1 atom stereocenters. The number of benzene rings is 1. The monoisotopic (exact) mass is 325 g/mol. The van der Waals surface area contributed by atoms with Gasteiger partial charge in [-0.1, -0.05) is 44.4 Å². The fourth-order valence-electron chi connectivity index (χ4n) is 2.24. The van der Waals surface area contributed by atoms with Crippen LogP contribution in [-0.2, 0) is 9.53 Å². The maximum absolute atomic E-state index is 12.7. The summed E-state index contributed by atoms with van der Waals surface area (Å²) >= 11 is 5.95. The number of nitrogens with zero attached hydrogens (tertiary/aromatic N) is 1. The maximum Gasteiger partial charge on any atom is 0.310 e. The van der Waals surface area contributed by atoms with Gasteiger partial charge in [0.05, 0.1) is 13.0 Å². The van der Waals surface area contributed by atoms with Gasteiger partial charge >= 0.3 is 5.97 Å². The zero-order chi connectivity index (χ0) is 16.5. The molecule has 1 aromatic carbocycles. The van der Waals surface area contributed by atoms with Gasteiger partial charge in [-0.15, -0.1) is 0 Å². The SMILES string of the molecule is CCCCCN(CC(C)C(=O)OC)C(=O)c1cccc(Cl)c1. The quantitative estimate of drug-likeness (QED) is 0.539. The van der Waals surface area contributed by atoms with Crippen LogP contribution in [-0.4, -0.2) is 37.0 Å². The van der Waals surface area contributed by atoms with Gasteiger partial charge in [0, 0.05) is 23.7 Å². The van der Waals surface area contributed by atoms with Gasteiger partial charge in [-0.2, -0.15) is 0 Å². The van der Waals surface area contributed by atoms with Crippen LogP contribution in [0.25, 0.3) is 0 Å². The summed E-state index contributed by atoms with van der Waals surface area (Å²) in [5.74, 6) is -0.761. The molecule has 0 spiro atoms. The molecule has 5 heteroatoms. The number of rotatable bonds is 8. The van der Waals surface area contributed by atoms with Crippen molar-refractivity contribution in [1.29, 1.82) is 0 Å². The third-order valence-corrected chi connectivity index (χ3v) is 3.72. The molecule has 0 aliphatic rings. The van der Waals surface area contributed by atoms with Crippen LogP contribution in [0, 0.1) is 5.92 Å². The number of hydrogen-bond acceptors (Lipinski definition) is 3. The zero-order valence-corrected chi connectivity index (χ0v) is 14.2. The Kier molecular flexibility index (Phi) is 7.96. The Balaban J connectivity index is 2.83. The molecule has 0 aromatic heterocycles. The number of halogens is 1. The summed E-state index contributed by atoms with van der Waals surface area (Å²) in [6.45, 7) is 4.85. The predicted octanol–water partition coefficient (Wildman–Crippen LogP) is 3.78. The molecule has 0 aliphatic heterocycles. The van der Waals surface area contributed by atoms with Gasteiger partial charge in [-0.05, 0) is 24.6 Å². The van der Waals surface area contributed by atoms with E-state index in [9.17, 15) is 9.59 Å². The van der Waals surface area contributed by atoms with Gasteiger partial charge in [0.15, 0.2) is 0 Å². The molecule has 1 amide bonds. The molecule has 1 rings (SSSR count). The molecule has 0 bridgehead atoms. The van der Waals surface area contributed by atoms with Crippen LogP contribution in [0.3, 0.4) is 0 Å². The average Bonchev–Trinajstić information content (AvgIpc) is 2.52. The van der Waals surface area contributed by atoms with Crippen molar-refractivity contribution in [3.05, 3.63) is 34.9 Å². The summed E-state index contributed by atoms with van der Waals surface area (Å²) in [7, 11) is 1.36. The number of ether oxygens (including phenoxy) is 1. The largest absolute Gasteiger partial charge is 0.469 e. The average molecular weight is 326 g/mol. The minimum Gasteiger partial charge on any atom is -0.469 e. The lowest BCUT2D eigenvalue weighted by atomic mass is 10.1. The number of amides is 1. The van der Waals surface area contributed by atoms with E-state index in [2.05, 4.69) is 6.92 Å². The highest BCUT2D eigenvalue weighted by Gasteiger charge is 2.22. The van der Waals surface area contributed by atoms with Crippen molar-refractivity contribution < 1.29 is 14.3 Å². The lowest BCUT2D eigenvalue weighted by molar-refractivity contribution is -0.145. The number of hydrogen-bond donors (Lipinski definition) is 0. The second-order valence-electron chi connectivity index (χ2n) is 5.39. The zero-order valence-electron chi connectivity index (χ0n) is 13.5. The Labute approximate surface area is 137 Å². The minimum atomic E-state index is -0.352. The molecule has 4 nitrogen and oxygen atoms in total. The summed E-state index contributed by atoms with van der Waals surface area (Å²) < 4.78 is 4.75. The first-order chi connectivity index (χ1) is 10.5. The Morgan fingerprint density at radius 1 is 1.32 bits per heavy atom. The van der Waals surface area contributed by atoms with Crippen LogP contribution in [0.4, 0.5) is 0 Å². The van der Waals surface area contributed by atoms with E-state index in [-0.39, 0.29) is 17.8 Å². The number of esters is 1. The van der Waals surface area contributed by atoms with Crippen molar-refractivity contribution in [2.75, 3.05) is 20.2 Å². The van der Waals surface area contributed by atoms with Gasteiger partial charge in [0.2, 0.25) is 0 Å². The number of carbonyl (C=O) groups excluding carboxylic acids is 2. The first-order valence-corrected chi connectivity index (χ1v) is 8.00. The fourth-order valence-corrected chi connectivity index (χ4v) is 2.43. The topological polar surface area (TPSA) is 46.6 Å². The van der Waals surface area contributed by atoms with E-state index in [0.717, 1.165) is 19.3 Å². The molecule has 0 radical (unpaired) electrons. The van der Waals surface area contributed by atoms with Gasteiger partial charge in [-0.25, -0.2) is 0 Å². The molecule has 0 saturated carbocycles. The van der Waals surface area contributed by atoms with Crippen LogP contribution >= 0.6 is 11.6 Å². The minimum absolute atomic E-state index is 0.102. The molecule has 0 fully saturated rings. The first kappa shape index (κ1) is 18.5. The number of unbranched alkanes of at least 4 members (excludes halogenated alkanes) is 2. The first-order valence-electron chi connectivity index (χ1n) is 7.62. The van der Waals surface area contributed by atoms with Crippen molar-refractivity contribution in [2.45, 2.75) is 33.1 Å². The van der Waals surface area contributed by atoms with Crippen LogP contribution in [0.1, 0.15) is 43.5 Å². The Bertz CT molecular complexity index is 504. The van der Waals surface area contributed by atoms with E-state index in [4.69, 9.17) is 16.3 Å². The Hall–Kier alpha value is -1.55. The van der Waals surface area contributed by atoms with E-state index >= 15 is 0 Å². The van der Waals surface area contributed by atoms with Crippen LogP contribution in [0.2, 0.25) is 5.02 Å². The number of methoxy groups -OCH3 is 1. The summed E-state index contributed by atoms with van der Waals surface area (Å²) in [5, 5.41) is 0.528. The molecule has 122 valence electrons. The van der Waals surface area contributed by atoms with Crippen LogP contribution in [0.15, 0.2) is 24.3 Å². The summed E-state index contributed by atoms with van der Waals surface area (Å²) in [5.41, 5.74) is 0.543. The second-order valence-corrected chi connectivity index (χ2v) is 5.83. The van der Waals surface area contributed by atoms with E-state index < -0.39 is 0 Å². The molecule has 0 N–H and O–H groups in total. The summed E-state index contributed by atoms with van der Waals surface area (Å²) in [6.07, 6.45) is 3.04. The molecule has 0 aliphatic carbocycles. The highest BCUT2D eigenvalue weighted by Crippen LogP contribution is 2.15. The van der Waals surface area contributed by atoms with Crippen LogP contribution < -0.4 is 0 Å². The lowest BCUT2D eigenvalue weighted by Crippen LogP contribution is -2.38. The van der Waals surface area contributed by atoms with Crippen molar-refractivity contribution in [3.63, 3.8) is 0 Å². The smallest absolute Gasteiger partial charge is 0.310 e. The molecule has 0 saturated heterocycles. The van der Waals surface area contributed by atoms with Crippen molar-refractivity contribution in [2.24, 2.45) is 5.92 Å². The van der Waals surface area contributed by atoms with Gasteiger partial charge in [-0.3, -0.25) is 9.59 Å². The van der Waals surface area contributed by atoms with Gasteiger partial charge in [0.25, 0.3) is 5.91 Å². The van der Waals surface area contributed by atoms with Crippen LogP contribution in [0.5, 0.6) is 0 Å². The molecule has 1 aromatic rings. The number of carbonyl (C=O) groups is 2. The Morgan fingerprint density at radius 3 is 2.64 bits per heavy atom. The van der Waals surface area contributed by atoms with Crippen molar-refractivity contribution in [1.82, 2.24) is 4.90 Å². The molecule has 0 heterocycles. The highest BCUT2D eigenvalue weighted by atomic mass is 35.5. The Morgan fingerprint density at radius 2 is 2.05 bits per heavy atom. The molecular weight excluding hydrogens is 302 g/mol. The van der Waals surface area contributed by atoms with Gasteiger partial charge in [0.1, 0.15) is 0 Å². The standard InChI is InChI=1S/C17H24ClNO3/c1-4-5-6-10-19(12-13(2)17(21)22-3)16(20)14-8-7-9-15(18)11-14/h7-9,11,13H,4-6,10,12H2,1-3H3. The fraction of sp³-hybridized carbons (Fsp3) is 0.529. The lowest BCUT2D eigenvalue weighted by Gasteiger charge is -2.25. The summed E-state index contributed by atoms with van der Waals surface area (Å²) in [6, 6.07) is 6.88. The third kappa shape index (κ3) is 5.68. The van der Waals surface area contributed by atoms with E-state index in [1.165, 1.54) is 7.11 Å². The predicted molar refractivity (Wildman–Crippen MR) is 88.1 cm³/mol. The van der Waals surface area contributed by atoms with E-state index in [1.54, 1.807) is 36.1 Å². The second kappa shape index (κ2) is 9.46. The molecule has 22 heavy (non-hydrogen) atoms. The van der Waals surface area contributed by atoms with Gasteiger partial charge < -0.3 is 9.64 Å².